The van der Waals surface area contributed by atoms with Crippen molar-refractivity contribution in [1.29, 1.82) is 0 Å². The minimum absolute atomic E-state index is 0.0254. The lowest BCUT2D eigenvalue weighted by atomic mass is 10.2. The first-order valence-electron chi connectivity index (χ1n) is 5.92. The molecular weight excluding hydrogens is 421 g/mol. The van der Waals surface area contributed by atoms with E-state index in [1.807, 2.05) is 0 Å². The highest BCUT2D eigenvalue weighted by atomic mass is 127. The van der Waals surface area contributed by atoms with Crippen LogP contribution in [0, 0.1) is 13.7 Å². The van der Waals surface area contributed by atoms with Crippen LogP contribution >= 0.6 is 33.9 Å². The van der Waals surface area contributed by atoms with Crippen LogP contribution in [0.1, 0.15) is 15.2 Å². The predicted molar refractivity (Wildman–Crippen MR) is 91.7 cm³/mol. The van der Waals surface area contributed by atoms with Crippen LogP contribution in [0.5, 0.6) is 5.75 Å². The van der Waals surface area contributed by atoms with E-state index in [1.165, 1.54) is 12.3 Å². The van der Waals surface area contributed by atoms with Gasteiger partial charge in [0.15, 0.2) is 0 Å². The average molecular weight is 431 g/mol. The van der Waals surface area contributed by atoms with E-state index in [0.717, 1.165) is 14.9 Å². The molecule has 2 rings (SSSR count). The Kier molecular flexibility index (Phi) is 5.44. The minimum Gasteiger partial charge on any atom is -0.496 e. The Morgan fingerprint density at radius 1 is 1.45 bits per heavy atom. The third-order valence-electron chi connectivity index (χ3n) is 2.56. The van der Waals surface area contributed by atoms with Crippen LogP contribution in [0.15, 0.2) is 35.4 Å². The molecule has 0 aliphatic heterocycles. The van der Waals surface area contributed by atoms with E-state index in [-0.39, 0.29) is 10.9 Å². The zero-order valence-corrected chi connectivity index (χ0v) is 14.3. The summed E-state index contributed by atoms with van der Waals surface area (Å²) in [5.41, 5.74) is 2.82. The number of hydrogen-bond acceptors (Lipinski definition) is 6. The average Bonchev–Trinajstić information content (AvgIpc) is 2.96. The zero-order chi connectivity index (χ0) is 16.1. The number of carbonyl (C=O) groups excluding carboxylic acids is 1. The third-order valence-corrected chi connectivity index (χ3v) is 4.38. The summed E-state index contributed by atoms with van der Waals surface area (Å²) in [4.78, 5) is 22.6. The highest BCUT2D eigenvalue weighted by Crippen LogP contribution is 2.23. The maximum absolute atomic E-state index is 11.9. The van der Waals surface area contributed by atoms with E-state index < -0.39 is 4.92 Å². The van der Waals surface area contributed by atoms with Gasteiger partial charge in [-0.05, 0) is 46.9 Å². The van der Waals surface area contributed by atoms with Gasteiger partial charge in [-0.3, -0.25) is 14.9 Å². The normalized spacial score (nSPS) is 10.6. The third kappa shape index (κ3) is 4.01. The van der Waals surface area contributed by atoms with Gasteiger partial charge in [-0.1, -0.05) is 11.3 Å². The van der Waals surface area contributed by atoms with Gasteiger partial charge in [-0.2, -0.15) is 5.10 Å². The summed E-state index contributed by atoms with van der Waals surface area (Å²) in [6, 6.07) is 7.96. The Hall–Kier alpha value is -2.01. The van der Waals surface area contributed by atoms with Crippen molar-refractivity contribution >= 4 is 51.1 Å². The molecule has 0 aliphatic rings. The molecule has 0 saturated heterocycles. The molecular formula is C13H10IN3O4S. The molecule has 0 atom stereocenters. The van der Waals surface area contributed by atoms with E-state index in [1.54, 1.807) is 31.4 Å². The van der Waals surface area contributed by atoms with Crippen LogP contribution in [0.25, 0.3) is 0 Å². The fourth-order valence-corrected chi connectivity index (χ4v) is 2.97. The highest BCUT2D eigenvalue weighted by molar-refractivity contribution is 14.1. The minimum atomic E-state index is -0.472. The molecule has 0 spiro atoms. The van der Waals surface area contributed by atoms with Gasteiger partial charge in [-0.25, -0.2) is 5.43 Å². The maximum atomic E-state index is 11.9. The Bertz CT molecular complexity index is 745. The smallest absolute Gasteiger partial charge is 0.324 e. The monoisotopic (exact) mass is 431 g/mol. The Labute approximate surface area is 143 Å². The molecule has 0 unspecified atom stereocenters. The summed E-state index contributed by atoms with van der Waals surface area (Å²) < 4.78 is 5.93. The molecule has 1 amide bonds. The van der Waals surface area contributed by atoms with Crippen LogP contribution in [0.2, 0.25) is 0 Å². The van der Waals surface area contributed by atoms with Crippen molar-refractivity contribution in [1.82, 2.24) is 5.43 Å². The number of rotatable bonds is 5. The van der Waals surface area contributed by atoms with Gasteiger partial charge in [0.2, 0.25) is 0 Å². The number of carbonyl (C=O) groups is 1. The van der Waals surface area contributed by atoms with E-state index >= 15 is 0 Å². The van der Waals surface area contributed by atoms with Crippen LogP contribution in [0.4, 0.5) is 5.00 Å². The van der Waals surface area contributed by atoms with Gasteiger partial charge < -0.3 is 4.74 Å². The number of hydrogen-bond donors (Lipinski definition) is 1. The summed E-state index contributed by atoms with van der Waals surface area (Å²) in [6.45, 7) is 0. The molecule has 0 fully saturated rings. The second-order valence-corrected chi connectivity index (χ2v) is 6.24. The van der Waals surface area contributed by atoms with Gasteiger partial charge >= 0.3 is 5.00 Å². The lowest BCUT2D eigenvalue weighted by molar-refractivity contribution is -0.380. The van der Waals surface area contributed by atoms with E-state index in [9.17, 15) is 14.9 Å². The fourth-order valence-electron chi connectivity index (χ4n) is 1.54. The summed E-state index contributed by atoms with van der Waals surface area (Å²) in [7, 11) is 1.56. The van der Waals surface area contributed by atoms with Crippen LogP contribution in [0.3, 0.4) is 0 Å². The molecule has 0 aliphatic carbocycles. The van der Waals surface area contributed by atoms with Gasteiger partial charge in [-0.15, -0.1) is 0 Å². The van der Waals surface area contributed by atoms with Crippen molar-refractivity contribution in [3.63, 3.8) is 0 Å². The van der Waals surface area contributed by atoms with Crippen molar-refractivity contribution in [3.05, 3.63) is 54.5 Å². The SMILES string of the molecule is COc1ccc(C(=O)N/N=C/c2ccc([N+](=O)[O-])s2)cc1I. The molecule has 1 heterocycles. The van der Waals surface area contributed by atoms with Crippen molar-refractivity contribution in [3.8, 4) is 5.75 Å². The molecule has 2 aromatic rings. The number of nitrogens with zero attached hydrogens (tertiary/aromatic N) is 2. The van der Waals surface area contributed by atoms with Gasteiger partial charge in [0.1, 0.15) is 5.75 Å². The lowest BCUT2D eigenvalue weighted by Crippen LogP contribution is -2.17. The number of benzene rings is 1. The summed E-state index contributed by atoms with van der Waals surface area (Å²) >= 11 is 3.05. The fraction of sp³-hybridized carbons (Fsp3) is 0.0769. The molecule has 0 radical (unpaired) electrons. The summed E-state index contributed by atoms with van der Waals surface area (Å²) in [5, 5.41) is 14.4. The van der Waals surface area contributed by atoms with Crippen molar-refractivity contribution in [2.75, 3.05) is 7.11 Å². The first-order valence-corrected chi connectivity index (χ1v) is 7.82. The predicted octanol–water partition coefficient (Wildman–Crippen LogP) is 3.03. The Morgan fingerprint density at radius 3 is 2.82 bits per heavy atom. The molecule has 1 N–H and O–H groups in total. The topological polar surface area (TPSA) is 93.8 Å². The number of methoxy groups -OCH3 is 1. The standard InChI is InChI=1S/C13H10IN3O4S/c1-21-11-4-2-8(6-10(11)14)13(18)16-15-7-9-3-5-12(22-9)17(19)20/h2-7H,1H3,(H,16,18)/b15-7+. The zero-order valence-electron chi connectivity index (χ0n) is 11.3. The quantitative estimate of drug-likeness (QED) is 0.341. The molecule has 22 heavy (non-hydrogen) atoms. The molecule has 0 saturated carbocycles. The van der Waals surface area contributed by atoms with Crippen LogP contribution in [-0.4, -0.2) is 24.2 Å². The highest BCUT2D eigenvalue weighted by Gasteiger charge is 2.09. The van der Waals surface area contributed by atoms with Crippen molar-refractivity contribution in [2.45, 2.75) is 0 Å². The van der Waals surface area contributed by atoms with Gasteiger partial charge in [0, 0.05) is 11.6 Å². The molecule has 114 valence electrons. The largest absolute Gasteiger partial charge is 0.496 e. The molecule has 1 aromatic heterocycles. The second kappa shape index (κ2) is 7.31. The number of hydrazone groups is 1. The van der Waals surface area contributed by atoms with E-state index in [0.29, 0.717) is 16.2 Å². The maximum Gasteiger partial charge on any atom is 0.324 e. The molecule has 0 bridgehead atoms. The number of thiophene rings is 1. The van der Waals surface area contributed by atoms with Crippen LogP contribution in [-0.2, 0) is 0 Å². The van der Waals surface area contributed by atoms with Crippen molar-refractivity contribution in [2.24, 2.45) is 5.10 Å². The Morgan fingerprint density at radius 2 is 2.23 bits per heavy atom. The first-order chi connectivity index (χ1) is 10.5. The lowest BCUT2D eigenvalue weighted by Gasteiger charge is -2.05. The van der Waals surface area contributed by atoms with E-state index in [4.69, 9.17) is 4.74 Å². The first kappa shape index (κ1) is 16.4. The molecule has 9 heteroatoms. The second-order valence-electron chi connectivity index (χ2n) is 3.98. The number of halogens is 1. The number of ether oxygens (including phenoxy) is 1. The van der Waals surface area contributed by atoms with Crippen LogP contribution < -0.4 is 10.2 Å². The van der Waals surface area contributed by atoms with Gasteiger partial charge in [0.25, 0.3) is 5.91 Å². The Balaban J connectivity index is 2.01. The summed E-state index contributed by atoms with van der Waals surface area (Å²) in [6.07, 6.45) is 1.37. The summed E-state index contributed by atoms with van der Waals surface area (Å²) in [5.74, 6) is 0.314. The molecule has 1 aromatic carbocycles. The number of nitrogens with one attached hydrogen (secondary N) is 1. The number of amides is 1. The number of nitro groups is 1. The molecule has 7 nitrogen and oxygen atoms in total. The van der Waals surface area contributed by atoms with E-state index in [2.05, 4.69) is 33.1 Å². The van der Waals surface area contributed by atoms with Gasteiger partial charge in [0.05, 0.1) is 26.7 Å². The van der Waals surface area contributed by atoms with Crippen molar-refractivity contribution < 1.29 is 14.5 Å².